The van der Waals surface area contributed by atoms with Crippen molar-refractivity contribution in [3.05, 3.63) is 66.2 Å². The van der Waals surface area contributed by atoms with E-state index >= 15 is 0 Å². The Balaban J connectivity index is 1.68. The van der Waals surface area contributed by atoms with Crippen LogP contribution in [-0.4, -0.2) is 55.6 Å². The Bertz CT molecular complexity index is 1040. The Labute approximate surface area is 187 Å². The van der Waals surface area contributed by atoms with Crippen LogP contribution >= 0.6 is 11.8 Å². The van der Waals surface area contributed by atoms with Crippen LogP contribution in [0.3, 0.4) is 0 Å². The molecule has 0 spiro atoms. The largest absolute Gasteiger partial charge is 0.497 e. The van der Waals surface area contributed by atoms with E-state index < -0.39 is 0 Å². The average Bonchev–Trinajstić information content (AvgIpc) is 2.85. The zero-order chi connectivity index (χ0) is 21.5. The molecule has 1 aliphatic heterocycles. The summed E-state index contributed by atoms with van der Waals surface area (Å²) >= 11 is 1.65. The first-order valence-corrected chi connectivity index (χ1v) is 11.3. The van der Waals surface area contributed by atoms with Crippen molar-refractivity contribution in [2.75, 3.05) is 45.7 Å². The van der Waals surface area contributed by atoms with Crippen molar-refractivity contribution in [3.8, 4) is 34.2 Å². The number of thioether (sulfide) groups is 1. The van der Waals surface area contributed by atoms with Gasteiger partial charge in [0.1, 0.15) is 16.8 Å². The number of pyridine rings is 1. The summed E-state index contributed by atoms with van der Waals surface area (Å²) in [6, 6.07) is 22.4. The van der Waals surface area contributed by atoms with Crippen LogP contribution in [0.4, 0.5) is 0 Å². The van der Waals surface area contributed by atoms with E-state index in [1.807, 2.05) is 60.7 Å². The van der Waals surface area contributed by atoms with Gasteiger partial charge in [0.25, 0.3) is 0 Å². The Kier molecular flexibility index (Phi) is 7.21. The molecule has 0 bridgehead atoms. The molecule has 0 aliphatic carbocycles. The minimum Gasteiger partial charge on any atom is -0.497 e. The molecule has 1 aliphatic rings. The first-order valence-electron chi connectivity index (χ1n) is 10.4. The summed E-state index contributed by atoms with van der Waals surface area (Å²) in [5, 5.41) is 10.8. The molecule has 0 saturated carbocycles. The molecule has 0 atom stereocenters. The molecule has 0 N–H and O–H groups in total. The summed E-state index contributed by atoms with van der Waals surface area (Å²) in [7, 11) is 1.65. The SMILES string of the molecule is COc1ccc(-c2cc(-c3ccccc3)nc(SCCN3CCOCC3)c2C#N)cc1. The highest BCUT2D eigenvalue weighted by Gasteiger charge is 2.17. The molecular formula is C25H25N3O2S. The second kappa shape index (κ2) is 10.5. The van der Waals surface area contributed by atoms with Gasteiger partial charge in [0, 0.05) is 36.5 Å². The van der Waals surface area contributed by atoms with Gasteiger partial charge in [0.05, 0.1) is 31.6 Å². The molecule has 0 radical (unpaired) electrons. The Hall–Kier alpha value is -2.85. The molecule has 3 aromatic rings. The molecule has 2 heterocycles. The van der Waals surface area contributed by atoms with E-state index in [2.05, 4.69) is 11.0 Å². The fourth-order valence-corrected chi connectivity index (χ4v) is 4.59. The maximum atomic E-state index is 10.0. The van der Waals surface area contributed by atoms with E-state index in [1.165, 1.54) is 0 Å². The molecule has 0 amide bonds. The average molecular weight is 432 g/mol. The third kappa shape index (κ3) is 5.26. The lowest BCUT2D eigenvalue weighted by Gasteiger charge is -2.26. The van der Waals surface area contributed by atoms with Crippen LogP contribution in [-0.2, 0) is 4.74 Å². The second-order valence-corrected chi connectivity index (χ2v) is 8.33. The van der Waals surface area contributed by atoms with E-state index in [0.717, 1.165) is 71.8 Å². The summed E-state index contributed by atoms with van der Waals surface area (Å²) < 4.78 is 10.7. The predicted molar refractivity (Wildman–Crippen MR) is 124 cm³/mol. The van der Waals surface area contributed by atoms with E-state index in [4.69, 9.17) is 14.5 Å². The van der Waals surface area contributed by atoms with Crippen molar-refractivity contribution in [2.45, 2.75) is 5.03 Å². The Morgan fingerprint density at radius 1 is 1.06 bits per heavy atom. The van der Waals surface area contributed by atoms with Gasteiger partial charge in [-0.1, -0.05) is 42.5 Å². The number of nitriles is 1. The zero-order valence-corrected chi connectivity index (χ0v) is 18.4. The lowest BCUT2D eigenvalue weighted by molar-refractivity contribution is 0.0410. The maximum Gasteiger partial charge on any atom is 0.118 e. The van der Waals surface area contributed by atoms with Gasteiger partial charge in [-0.3, -0.25) is 4.90 Å². The highest BCUT2D eigenvalue weighted by Crippen LogP contribution is 2.34. The van der Waals surface area contributed by atoms with E-state index in [9.17, 15) is 5.26 Å². The van der Waals surface area contributed by atoms with Crippen LogP contribution in [0, 0.1) is 11.3 Å². The van der Waals surface area contributed by atoms with Gasteiger partial charge in [0.15, 0.2) is 0 Å². The van der Waals surface area contributed by atoms with Crippen LogP contribution in [0.25, 0.3) is 22.4 Å². The van der Waals surface area contributed by atoms with Gasteiger partial charge >= 0.3 is 0 Å². The molecule has 5 nitrogen and oxygen atoms in total. The van der Waals surface area contributed by atoms with Crippen molar-refractivity contribution >= 4 is 11.8 Å². The summed E-state index contributed by atoms with van der Waals surface area (Å²) in [5.41, 5.74) is 4.41. The van der Waals surface area contributed by atoms with Crippen molar-refractivity contribution in [1.82, 2.24) is 9.88 Å². The van der Waals surface area contributed by atoms with E-state index in [0.29, 0.717) is 5.56 Å². The van der Waals surface area contributed by atoms with Crippen LogP contribution in [0.1, 0.15) is 5.56 Å². The highest BCUT2D eigenvalue weighted by molar-refractivity contribution is 7.99. The van der Waals surface area contributed by atoms with E-state index in [1.54, 1.807) is 18.9 Å². The molecular weight excluding hydrogens is 406 g/mol. The number of ether oxygens (including phenoxy) is 2. The molecule has 4 rings (SSSR count). The molecule has 158 valence electrons. The summed E-state index contributed by atoms with van der Waals surface area (Å²) in [6.07, 6.45) is 0. The van der Waals surface area contributed by atoms with Crippen LogP contribution < -0.4 is 4.74 Å². The third-order valence-corrected chi connectivity index (χ3v) is 6.27. The minimum absolute atomic E-state index is 0.622. The number of hydrogen-bond acceptors (Lipinski definition) is 6. The van der Waals surface area contributed by atoms with Crippen molar-refractivity contribution in [3.63, 3.8) is 0 Å². The molecule has 1 saturated heterocycles. The molecule has 6 heteroatoms. The van der Waals surface area contributed by atoms with Gasteiger partial charge in [-0.2, -0.15) is 5.26 Å². The van der Waals surface area contributed by atoms with E-state index in [-0.39, 0.29) is 0 Å². The number of rotatable bonds is 7. The minimum atomic E-state index is 0.622. The van der Waals surface area contributed by atoms with Gasteiger partial charge in [-0.15, -0.1) is 11.8 Å². The lowest BCUT2D eigenvalue weighted by Crippen LogP contribution is -2.37. The number of morpholine rings is 1. The quantitative estimate of drug-likeness (QED) is 0.505. The van der Waals surface area contributed by atoms with Crippen molar-refractivity contribution < 1.29 is 9.47 Å². The monoisotopic (exact) mass is 431 g/mol. The Morgan fingerprint density at radius 2 is 1.81 bits per heavy atom. The molecule has 1 fully saturated rings. The fraction of sp³-hybridized carbons (Fsp3) is 0.280. The zero-order valence-electron chi connectivity index (χ0n) is 17.6. The van der Waals surface area contributed by atoms with Crippen molar-refractivity contribution in [1.29, 1.82) is 5.26 Å². The molecule has 31 heavy (non-hydrogen) atoms. The van der Waals surface area contributed by atoms with Gasteiger partial charge < -0.3 is 9.47 Å². The van der Waals surface area contributed by atoms with Gasteiger partial charge in [0.2, 0.25) is 0 Å². The first-order chi connectivity index (χ1) is 15.3. The lowest BCUT2D eigenvalue weighted by atomic mass is 9.99. The number of methoxy groups -OCH3 is 1. The number of benzene rings is 2. The van der Waals surface area contributed by atoms with Crippen LogP contribution in [0.2, 0.25) is 0 Å². The number of nitrogens with zero attached hydrogens (tertiary/aromatic N) is 3. The number of aromatic nitrogens is 1. The Morgan fingerprint density at radius 3 is 2.48 bits per heavy atom. The fourth-order valence-electron chi connectivity index (χ4n) is 3.59. The molecule has 0 unspecified atom stereocenters. The molecule has 1 aromatic heterocycles. The third-order valence-electron chi connectivity index (χ3n) is 5.32. The summed E-state index contributed by atoms with van der Waals surface area (Å²) in [6.45, 7) is 4.45. The number of hydrogen-bond donors (Lipinski definition) is 0. The van der Waals surface area contributed by atoms with Gasteiger partial charge in [-0.05, 0) is 23.8 Å². The standard InChI is InChI=1S/C25H25N3O2S/c1-29-21-9-7-19(8-10-21)22-17-24(20-5-3-2-4-6-20)27-25(23(22)18-26)31-16-13-28-11-14-30-15-12-28/h2-10,17H,11-16H2,1H3. The highest BCUT2D eigenvalue weighted by atomic mass is 32.2. The molecule has 2 aromatic carbocycles. The second-order valence-electron chi connectivity index (χ2n) is 7.24. The topological polar surface area (TPSA) is 58.4 Å². The summed E-state index contributed by atoms with van der Waals surface area (Å²) in [5.74, 6) is 1.67. The smallest absolute Gasteiger partial charge is 0.118 e. The predicted octanol–water partition coefficient (Wildman–Crippen LogP) is 4.72. The first kappa shape index (κ1) is 21.4. The van der Waals surface area contributed by atoms with Gasteiger partial charge in [-0.25, -0.2) is 4.98 Å². The maximum absolute atomic E-state index is 10.0. The van der Waals surface area contributed by atoms with Crippen molar-refractivity contribution in [2.24, 2.45) is 0 Å². The van der Waals surface area contributed by atoms with Crippen LogP contribution in [0.5, 0.6) is 5.75 Å². The summed E-state index contributed by atoms with van der Waals surface area (Å²) in [4.78, 5) is 7.29. The normalized spacial score (nSPS) is 14.2. The van der Waals surface area contributed by atoms with Crippen LogP contribution in [0.15, 0.2) is 65.7 Å².